The van der Waals surface area contributed by atoms with Gasteiger partial charge in [-0.3, -0.25) is 10.1 Å². The second-order valence-corrected chi connectivity index (χ2v) is 7.14. The molecule has 1 heterocycles. The van der Waals surface area contributed by atoms with Crippen molar-refractivity contribution in [2.75, 3.05) is 11.6 Å². The van der Waals surface area contributed by atoms with Crippen LogP contribution in [0.2, 0.25) is 0 Å². The van der Waals surface area contributed by atoms with Crippen LogP contribution >= 0.6 is 11.5 Å². The molecule has 0 fully saturated rings. The van der Waals surface area contributed by atoms with Crippen LogP contribution < -0.4 is 5.32 Å². The molecule has 1 N–H and O–H groups in total. The van der Waals surface area contributed by atoms with E-state index < -0.39 is 15.7 Å². The van der Waals surface area contributed by atoms with Crippen molar-refractivity contribution in [2.24, 2.45) is 0 Å². The number of hydrogen-bond donors (Lipinski definition) is 1. The number of aryl methyl sites for hydroxylation is 1. The number of aromatic nitrogens is 2. The summed E-state index contributed by atoms with van der Waals surface area (Å²) in [5, 5.41) is 2.99. The van der Waals surface area contributed by atoms with Crippen molar-refractivity contribution in [2.45, 2.75) is 11.8 Å². The molecule has 1 aromatic carbocycles. The highest BCUT2D eigenvalue weighted by atomic mass is 32.2. The van der Waals surface area contributed by atoms with Crippen LogP contribution in [0, 0.1) is 6.92 Å². The summed E-state index contributed by atoms with van der Waals surface area (Å²) in [6, 6.07) is 5.98. The summed E-state index contributed by atoms with van der Waals surface area (Å²) in [5.74, 6) is 0.177. The minimum atomic E-state index is -3.26. The molecule has 21 heavy (non-hydrogen) atoms. The summed E-state index contributed by atoms with van der Waals surface area (Å²) in [7, 11) is -3.26. The summed E-state index contributed by atoms with van der Waals surface area (Å²) < 4.78 is 26.7. The van der Waals surface area contributed by atoms with Gasteiger partial charge in [-0.2, -0.15) is 4.37 Å². The molecular formula is C13H13N3O3S2. The van der Waals surface area contributed by atoms with E-state index in [4.69, 9.17) is 0 Å². The Hall–Kier alpha value is -2.06. The predicted octanol–water partition coefficient (Wildman–Crippen LogP) is 1.90. The van der Waals surface area contributed by atoms with Crippen LogP contribution in [0.15, 0.2) is 35.7 Å². The van der Waals surface area contributed by atoms with Gasteiger partial charge in [-0.1, -0.05) is 18.7 Å². The van der Waals surface area contributed by atoms with E-state index in [0.29, 0.717) is 16.5 Å². The molecule has 1 amide bonds. The molecule has 0 saturated heterocycles. The molecule has 0 atom stereocenters. The van der Waals surface area contributed by atoms with Gasteiger partial charge in [0.05, 0.1) is 4.90 Å². The zero-order valence-corrected chi connectivity index (χ0v) is 13.1. The van der Waals surface area contributed by atoms with Crippen LogP contribution in [0.1, 0.15) is 11.4 Å². The van der Waals surface area contributed by atoms with Gasteiger partial charge in [0.25, 0.3) is 5.91 Å². The fourth-order valence-corrected chi connectivity index (χ4v) is 2.76. The van der Waals surface area contributed by atoms with Gasteiger partial charge in [0, 0.05) is 23.4 Å². The lowest BCUT2D eigenvalue weighted by Gasteiger charge is -2.06. The molecule has 0 saturated carbocycles. The molecule has 2 rings (SSSR count). The Morgan fingerprint density at radius 3 is 2.38 bits per heavy atom. The van der Waals surface area contributed by atoms with Crippen LogP contribution in [0.4, 0.5) is 5.13 Å². The number of anilines is 1. The van der Waals surface area contributed by atoms with Crippen molar-refractivity contribution < 1.29 is 13.2 Å². The lowest BCUT2D eigenvalue weighted by molar-refractivity contribution is -0.111. The highest BCUT2D eigenvalue weighted by Crippen LogP contribution is 2.19. The first-order valence-corrected chi connectivity index (χ1v) is 8.55. The minimum Gasteiger partial charge on any atom is -0.297 e. The van der Waals surface area contributed by atoms with Crippen LogP contribution in [-0.4, -0.2) is 29.9 Å². The molecule has 0 aliphatic heterocycles. The maximum absolute atomic E-state index is 12.0. The molecule has 0 bridgehead atoms. The van der Waals surface area contributed by atoms with Gasteiger partial charge < -0.3 is 0 Å². The fourth-order valence-electron chi connectivity index (χ4n) is 1.55. The van der Waals surface area contributed by atoms with Crippen LogP contribution in [-0.2, 0) is 14.6 Å². The number of nitrogens with zero attached hydrogens (tertiary/aromatic N) is 2. The van der Waals surface area contributed by atoms with E-state index in [-0.39, 0.29) is 10.5 Å². The predicted molar refractivity (Wildman–Crippen MR) is 81.9 cm³/mol. The number of hydrogen-bond acceptors (Lipinski definition) is 6. The Balaban J connectivity index is 2.14. The number of nitrogens with one attached hydrogen (secondary N) is 1. The molecule has 0 aliphatic rings. The van der Waals surface area contributed by atoms with Gasteiger partial charge in [-0.15, -0.1) is 0 Å². The SMILES string of the molecule is C=C(C(=O)Nc1nc(C)ns1)c1ccc(S(C)(=O)=O)cc1. The Morgan fingerprint density at radius 1 is 1.29 bits per heavy atom. The summed E-state index contributed by atoms with van der Waals surface area (Å²) in [5.41, 5.74) is 0.768. The van der Waals surface area contributed by atoms with E-state index in [1.165, 1.54) is 12.1 Å². The monoisotopic (exact) mass is 323 g/mol. The third kappa shape index (κ3) is 3.73. The average Bonchev–Trinajstić information content (AvgIpc) is 2.82. The summed E-state index contributed by atoms with van der Waals surface area (Å²) in [6.07, 6.45) is 1.13. The largest absolute Gasteiger partial charge is 0.297 e. The third-order valence-corrected chi connectivity index (χ3v) is 4.50. The Labute approximate surface area is 126 Å². The highest BCUT2D eigenvalue weighted by molar-refractivity contribution is 7.90. The van der Waals surface area contributed by atoms with Crippen molar-refractivity contribution in [3.05, 3.63) is 42.2 Å². The van der Waals surface area contributed by atoms with Crippen molar-refractivity contribution in [1.29, 1.82) is 0 Å². The standard InChI is InChI=1S/C13H13N3O3S2/c1-8(12(17)15-13-14-9(2)16-20-13)10-4-6-11(7-5-10)21(3,18)19/h4-7H,1H2,2-3H3,(H,14,15,16,17). The molecule has 2 aromatic rings. The molecule has 110 valence electrons. The van der Waals surface area contributed by atoms with Gasteiger partial charge in [0.15, 0.2) is 9.84 Å². The molecule has 0 unspecified atom stereocenters. The number of sulfone groups is 1. The Morgan fingerprint density at radius 2 is 1.90 bits per heavy atom. The Bertz CT molecular complexity index is 792. The van der Waals surface area contributed by atoms with E-state index in [1.54, 1.807) is 19.1 Å². The zero-order chi connectivity index (χ0) is 15.6. The van der Waals surface area contributed by atoms with E-state index in [2.05, 4.69) is 21.3 Å². The van der Waals surface area contributed by atoms with Gasteiger partial charge in [0.2, 0.25) is 5.13 Å². The lowest BCUT2D eigenvalue weighted by atomic mass is 10.1. The number of benzene rings is 1. The average molecular weight is 323 g/mol. The number of amides is 1. The first-order valence-electron chi connectivity index (χ1n) is 5.88. The molecule has 0 radical (unpaired) electrons. The molecule has 8 heteroatoms. The number of carbonyl (C=O) groups excluding carboxylic acids is 1. The number of carbonyl (C=O) groups is 1. The summed E-state index contributed by atoms with van der Waals surface area (Å²) >= 11 is 1.08. The van der Waals surface area contributed by atoms with Gasteiger partial charge in [-0.05, 0) is 24.6 Å². The van der Waals surface area contributed by atoms with Crippen molar-refractivity contribution in [1.82, 2.24) is 9.36 Å². The minimum absolute atomic E-state index is 0.194. The molecule has 1 aromatic heterocycles. The molecule has 0 aliphatic carbocycles. The summed E-state index contributed by atoms with van der Waals surface area (Å²) in [4.78, 5) is 16.2. The molecule has 6 nitrogen and oxygen atoms in total. The number of rotatable bonds is 4. The third-order valence-electron chi connectivity index (χ3n) is 2.65. The highest BCUT2D eigenvalue weighted by Gasteiger charge is 2.13. The van der Waals surface area contributed by atoms with Crippen LogP contribution in [0.5, 0.6) is 0 Å². The lowest BCUT2D eigenvalue weighted by Crippen LogP contribution is -2.12. The fraction of sp³-hybridized carbons (Fsp3) is 0.154. The maximum atomic E-state index is 12.0. The van der Waals surface area contributed by atoms with Crippen molar-refractivity contribution >= 4 is 38.0 Å². The normalized spacial score (nSPS) is 11.1. The second-order valence-electron chi connectivity index (χ2n) is 4.38. The quantitative estimate of drug-likeness (QED) is 0.868. The van der Waals surface area contributed by atoms with E-state index in [1.807, 2.05) is 0 Å². The van der Waals surface area contributed by atoms with E-state index >= 15 is 0 Å². The smallest absolute Gasteiger partial charge is 0.257 e. The van der Waals surface area contributed by atoms with Gasteiger partial charge >= 0.3 is 0 Å². The second kappa shape index (κ2) is 5.74. The van der Waals surface area contributed by atoms with Gasteiger partial charge in [-0.25, -0.2) is 13.4 Å². The van der Waals surface area contributed by atoms with Crippen molar-refractivity contribution in [3.8, 4) is 0 Å². The topological polar surface area (TPSA) is 89.0 Å². The first-order chi connectivity index (χ1) is 9.77. The zero-order valence-electron chi connectivity index (χ0n) is 11.5. The van der Waals surface area contributed by atoms with E-state index in [9.17, 15) is 13.2 Å². The summed E-state index contributed by atoms with van der Waals surface area (Å²) in [6.45, 7) is 5.44. The molecule has 0 spiro atoms. The maximum Gasteiger partial charge on any atom is 0.257 e. The van der Waals surface area contributed by atoms with Gasteiger partial charge in [0.1, 0.15) is 5.82 Å². The first kappa shape index (κ1) is 15.3. The van der Waals surface area contributed by atoms with Crippen LogP contribution in [0.25, 0.3) is 5.57 Å². The Kier molecular flexibility index (Phi) is 4.19. The van der Waals surface area contributed by atoms with Crippen LogP contribution in [0.3, 0.4) is 0 Å². The van der Waals surface area contributed by atoms with Crippen molar-refractivity contribution in [3.63, 3.8) is 0 Å². The molecular weight excluding hydrogens is 310 g/mol. The van der Waals surface area contributed by atoms with E-state index in [0.717, 1.165) is 17.8 Å².